The van der Waals surface area contributed by atoms with Crippen molar-refractivity contribution in [3.63, 3.8) is 0 Å². The predicted molar refractivity (Wildman–Crippen MR) is 91.9 cm³/mol. The Labute approximate surface area is 130 Å². The fraction of sp³-hybridized carbons (Fsp3) is 1.00. The van der Waals surface area contributed by atoms with Crippen LogP contribution in [0.3, 0.4) is 0 Å². The third kappa shape index (κ3) is 13.7. The second-order valence-electron chi connectivity index (χ2n) is 7.84. The van der Waals surface area contributed by atoms with Crippen molar-refractivity contribution < 1.29 is 17.7 Å². The molecule has 0 rings (SSSR count). The Bertz CT molecular complexity index is 299. The Morgan fingerprint density at radius 2 is 1.05 bits per heavy atom. The Balaban J connectivity index is -0.000000572. The quantitative estimate of drug-likeness (QED) is 0.389. The van der Waals surface area contributed by atoms with E-state index in [0.717, 1.165) is 0 Å². The van der Waals surface area contributed by atoms with E-state index in [1.807, 2.05) is 0 Å². The molecule has 8 heteroatoms. The number of hydrogen-bond donors (Lipinski definition) is 0. The number of nitrogens with zero attached hydrogens (tertiary/aromatic N) is 1. The summed E-state index contributed by atoms with van der Waals surface area (Å²) < 4.78 is 34.3. The summed E-state index contributed by atoms with van der Waals surface area (Å²) in [7, 11) is -4.56. The molecular formula is C13H31BF4NP2+. The van der Waals surface area contributed by atoms with Gasteiger partial charge in [0.25, 0.3) is 7.71 Å². The molecule has 0 N–H and O–H groups in total. The van der Waals surface area contributed by atoms with Crippen molar-refractivity contribution in [1.82, 2.24) is 0 Å². The monoisotopic (exact) mass is 350 g/mol. The maximum atomic E-state index is 9.67. The van der Waals surface area contributed by atoms with Gasteiger partial charge in [-0.05, 0) is 62.3 Å². The fourth-order valence-electron chi connectivity index (χ4n) is 1.61. The van der Waals surface area contributed by atoms with Crippen molar-refractivity contribution in [2.45, 2.75) is 77.8 Å². The fourth-order valence-corrected chi connectivity index (χ4v) is 8.42. The van der Waals surface area contributed by atoms with Crippen LogP contribution in [-0.4, -0.2) is 29.7 Å². The Morgan fingerprint density at radius 3 is 1.19 bits per heavy atom. The zero-order chi connectivity index (χ0) is 16.9. The van der Waals surface area contributed by atoms with E-state index in [1.54, 1.807) is 0 Å². The number of hydrogen-bond acceptors (Lipinski definition) is 1. The van der Waals surface area contributed by atoms with E-state index in [1.165, 1.54) is 0 Å². The van der Waals surface area contributed by atoms with Gasteiger partial charge in [0, 0.05) is 4.52 Å². The lowest BCUT2D eigenvalue weighted by Gasteiger charge is -2.21. The largest absolute Gasteiger partial charge is 1.00 e. The maximum Gasteiger partial charge on any atom is 0.762 e. The summed E-state index contributed by atoms with van der Waals surface area (Å²) in [6, 6.07) is 0. The van der Waals surface area contributed by atoms with Crippen molar-refractivity contribution in [2.24, 2.45) is 4.52 Å². The van der Waals surface area contributed by atoms with Crippen LogP contribution in [0.15, 0.2) is 4.52 Å². The van der Waals surface area contributed by atoms with Gasteiger partial charge in [0.1, 0.15) is 10.3 Å². The highest BCUT2D eigenvalue weighted by Gasteiger charge is 2.46. The molecule has 0 bridgehead atoms. The SMILES string of the molecule is C[PH+](N=[P+](C(C)(C)C)C(C)(C)C)C(C)(C)C.FB(F)F.[F-]. The molecule has 0 radical (unpaired) electrons. The highest BCUT2D eigenvalue weighted by molar-refractivity contribution is 7.65. The highest BCUT2D eigenvalue weighted by Crippen LogP contribution is 2.61. The topological polar surface area (TPSA) is 12.4 Å². The molecule has 0 aliphatic rings. The van der Waals surface area contributed by atoms with Gasteiger partial charge in [-0.15, -0.1) is 0 Å². The Hall–Kier alpha value is 0.315. The second kappa shape index (κ2) is 9.45. The smallest absolute Gasteiger partial charge is 0.762 e. The molecule has 0 amide bonds. The summed E-state index contributed by atoms with van der Waals surface area (Å²) in [5.41, 5.74) is 0. The van der Waals surface area contributed by atoms with Gasteiger partial charge >= 0.3 is 7.54 Å². The lowest BCUT2D eigenvalue weighted by Crippen LogP contribution is -3.00. The minimum atomic E-state index is -3.67. The van der Waals surface area contributed by atoms with Crippen LogP contribution in [0.5, 0.6) is 0 Å². The Morgan fingerprint density at radius 1 is 0.810 bits per heavy atom. The minimum absolute atomic E-state index is 0. The first-order valence-electron chi connectivity index (χ1n) is 6.78. The molecule has 0 aliphatic carbocycles. The molecule has 1 nitrogen and oxygen atoms in total. The summed E-state index contributed by atoms with van der Waals surface area (Å²) in [6.07, 6.45) is 0. The van der Waals surface area contributed by atoms with Crippen LogP contribution in [0.4, 0.5) is 12.9 Å². The summed E-state index contributed by atoms with van der Waals surface area (Å²) in [6.45, 7) is 23.4. The Kier molecular flexibility index (Phi) is 11.8. The summed E-state index contributed by atoms with van der Waals surface area (Å²) in [4.78, 5) is 0. The van der Waals surface area contributed by atoms with Gasteiger partial charge in [-0.1, -0.05) is 0 Å². The predicted octanol–water partition coefficient (Wildman–Crippen LogP) is 3.69. The van der Waals surface area contributed by atoms with Gasteiger partial charge in [-0.2, -0.15) is 0 Å². The molecule has 0 aromatic heterocycles. The van der Waals surface area contributed by atoms with Crippen LogP contribution in [0.1, 0.15) is 62.3 Å². The van der Waals surface area contributed by atoms with E-state index in [4.69, 9.17) is 4.52 Å². The molecule has 0 saturated carbocycles. The average Bonchev–Trinajstić information content (AvgIpc) is 2.06. The zero-order valence-corrected chi connectivity index (χ0v) is 16.9. The average molecular weight is 350 g/mol. The molecule has 0 saturated heterocycles. The summed E-state index contributed by atoms with van der Waals surface area (Å²) >= 11 is 0. The van der Waals surface area contributed by atoms with Gasteiger partial charge in [0.15, 0.2) is 8.07 Å². The van der Waals surface area contributed by atoms with Crippen molar-refractivity contribution in [3.8, 4) is 0 Å². The summed E-state index contributed by atoms with van der Waals surface area (Å²) in [5, 5.41) is 1.03. The van der Waals surface area contributed by atoms with Gasteiger partial charge in [-0.25, -0.2) is 0 Å². The lowest BCUT2D eigenvalue weighted by atomic mass is 10.2. The van der Waals surface area contributed by atoms with Crippen LogP contribution in [-0.2, 0) is 0 Å². The molecule has 0 aromatic rings. The van der Waals surface area contributed by atoms with Gasteiger partial charge < -0.3 is 4.70 Å². The van der Waals surface area contributed by atoms with Gasteiger partial charge in [-0.3, -0.25) is 12.9 Å². The molecule has 1 unspecified atom stereocenters. The molecule has 128 valence electrons. The third-order valence-electron chi connectivity index (χ3n) is 2.61. The van der Waals surface area contributed by atoms with E-state index in [0.29, 0.717) is 15.5 Å². The van der Waals surface area contributed by atoms with Crippen LogP contribution in [0.25, 0.3) is 0 Å². The van der Waals surface area contributed by atoms with Gasteiger partial charge in [0.2, 0.25) is 0 Å². The first kappa shape index (κ1) is 26.2. The summed E-state index contributed by atoms with van der Waals surface area (Å²) in [5.74, 6) is 0. The van der Waals surface area contributed by atoms with E-state index < -0.39 is 15.6 Å². The second-order valence-corrected chi connectivity index (χ2v) is 14.6. The third-order valence-corrected chi connectivity index (χ3v) is 9.32. The molecule has 0 spiro atoms. The van der Waals surface area contributed by atoms with E-state index in [9.17, 15) is 12.9 Å². The lowest BCUT2D eigenvalue weighted by molar-refractivity contribution is -0.00000825. The van der Waals surface area contributed by atoms with E-state index in [2.05, 4.69) is 69.0 Å². The van der Waals surface area contributed by atoms with Crippen LogP contribution >= 0.6 is 15.8 Å². The van der Waals surface area contributed by atoms with Crippen LogP contribution < -0.4 is 4.70 Å². The minimum Gasteiger partial charge on any atom is -1.00 e. The normalized spacial score (nSPS) is 13.4. The molecule has 0 aromatic carbocycles. The zero-order valence-electron chi connectivity index (χ0n) is 15.0. The van der Waals surface area contributed by atoms with Crippen LogP contribution in [0, 0.1) is 0 Å². The molecular weight excluding hydrogens is 319 g/mol. The first-order valence-corrected chi connectivity index (χ1v) is 10.0. The van der Waals surface area contributed by atoms with E-state index in [-0.39, 0.29) is 12.4 Å². The van der Waals surface area contributed by atoms with Crippen molar-refractivity contribution in [1.29, 1.82) is 0 Å². The molecule has 0 aliphatic heterocycles. The van der Waals surface area contributed by atoms with E-state index >= 15 is 0 Å². The standard InChI is InChI=1S/C13H30NP2.BF3.FH/c1-11(2,3)15(10)14-16(12(4,5)6)13(7,8)9;2-1(3)4;/h1-10H3;;1H/q+1;;. The van der Waals surface area contributed by atoms with Crippen molar-refractivity contribution >= 4 is 23.3 Å². The number of halogens is 4. The van der Waals surface area contributed by atoms with Crippen molar-refractivity contribution in [2.75, 3.05) is 6.66 Å². The van der Waals surface area contributed by atoms with Crippen molar-refractivity contribution in [3.05, 3.63) is 0 Å². The highest BCUT2D eigenvalue weighted by atomic mass is 31.2. The number of rotatable bonds is 1. The first-order chi connectivity index (χ1) is 8.49. The molecule has 0 heterocycles. The van der Waals surface area contributed by atoms with Gasteiger partial charge in [0.05, 0.1) is 11.8 Å². The maximum absolute atomic E-state index is 9.67. The van der Waals surface area contributed by atoms with Crippen LogP contribution in [0.2, 0.25) is 0 Å². The molecule has 0 fully saturated rings. The molecule has 1 atom stereocenters. The molecule has 21 heavy (non-hydrogen) atoms.